The second kappa shape index (κ2) is 9.02. The van der Waals surface area contributed by atoms with Gasteiger partial charge in [0.2, 0.25) is 0 Å². The van der Waals surface area contributed by atoms with Gasteiger partial charge in [-0.3, -0.25) is 0 Å². The Morgan fingerprint density at radius 2 is 2.00 bits per heavy atom. The number of halogens is 2. The lowest BCUT2D eigenvalue weighted by Gasteiger charge is -2.32. The van der Waals surface area contributed by atoms with Crippen molar-refractivity contribution in [1.82, 2.24) is 0 Å². The number of hydrogen-bond acceptors (Lipinski definition) is 4. The molecule has 0 saturated carbocycles. The largest absolute Gasteiger partial charge is 0.494 e. The summed E-state index contributed by atoms with van der Waals surface area (Å²) in [6, 6.07) is 10.3. The first-order valence-electron chi connectivity index (χ1n) is 9.14. The highest BCUT2D eigenvalue weighted by Crippen LogP contribution is 2.34. The first kappa shape index (κ1) is 20.1. The molecule has 2 N–H and O–H groups in total. The number of aliphatic hydroxyl groups is 2. The van der Waals surface area contributed by atoms with Gasteiger partial charge < -0.3 is 19.7 Å². The summed E-state index contributed by atoms with van der Waals surface area (Å²) in [7, 11) is 0. The summed E-state index contributed by atoms with van der Waals surface area (Å²) in [5, 5.41) is 19.9. The zero-order valence-electron chi connectivity index (χ0n) is 15.2. The number of rotatable bonds is 6. The zero-order chi connectivity index (χ0) is 19.4. The Morgan fingerprint density at radius 1 is 1.19 bits per heavy atom. The molecule has 6 heteroatoms. The van der Waals surface area contributed by atoms with Gasteiger partial charge in [0.25, 0.3) is 0 Å². The van der Waals surface area contributed by atoms with Gasteiger partial charge in [-0.15, -0.1) is 0 Å². The molecule has 2 aromatic rings. The molecule has 0 radical (unpaired) electrons. The minimum Gasteiger partial charge on any atom is -0.494 e. The predicted molar refractivity (Wildman–Crippen MR) is 102 cm³/mol. The fourth-order valence-electron chi connectivity index (χ4n) is 3.39. The minimum atomic E-state index is -0.524. The van der Waals surface area contributed by atoms with Crippen LogP contribution in [0.4, 0.5) is 4.39 Å². The molecule has 0 spiro atoms. The molecule has 0 aliphatic carbocycles. The van der Waals surface area contributed by atoms with Crippen LogP contribution in [0.3, 0.4) is 0 Å². The summed E-state index contributed by atoms with van der Waals surface area (Å²) >= 11 is 6.33. The van der Waals surface area contributed by atoms with Crippen molar-refractivity contribution < 1.29 is 24.1 Å². The van der Waals surface area contributed by atoms with Crippen LogP contribution in [-0.2, 0) is 11.2 Å². The lowest BCUT2D eigenvalue weighted by Crippen LogP contribution is -2.33. The van der Waals surface area contributed by atoms with Crippen molar-refractivity contribution >= 4 is 11.6 Å². The normalized spacial score (nSPS) is 22.6. The zero-order valence-corrected chi connectivity index (χ0v) is 16.0. The Labute approximate surface area is 163 Å². The molecule has 0 bridgehead atoms. The van der Waals surface area contributed by atoms with Crippen LogP contribution >= 0.6 is 11.6 Å². The highest BCUT2D eigenvalue weighted by atomic mass is 35.5. The molecule has 3 atom stereocenters. The molecular weight excluding hydrogens is 371 g/mol. The van der Waals surface area contributed by atoms with Gasteiger partial charge in [-0.1, -0.05) is 29.8 Å². The maximum absolute atomic E-state index is 14.4. The van der Waals surface area contributed by atoms with Crippen LogP contribution in [0.15, 0.2) is 36.4 Å². The Morgan fingerprint density at radius 3 is 2.70 bits per heavy atom. The monoisotopic (exact) mass is 394 g/mol. The van der Waals surface area contributed by atoms with Gasteiger partial charge >= 0.3 is 0 Å². The standard InChI is InChI=1S/C21H24ClFO4/c1-2-26-17-5-3-13(20(23)11-17)7-15-8-14(4-6-19(15)22)21-10-16(25)9-18(12-24)27-21/h3-6,8,11,16,18,21,24-25H,2,7,9-10,12H2,1H3/t16-,18-,21+/m0/s1. The summed E-state index contributed by atoms with van der Waals surface area (Å²) in [5.74, 6) is 0.158. The van der Waals surface area contributed by atoms with Gasteiger partial charge in [-0.05, 0) is 35.7 Å². The highest BCUT2D eigenvalue weighted by Gasteiger charge is 2.29. The van der Waals surface area contributed by atoms with Crippen molar-refractivity contribution in [2.45, 2.75) is 44.5 Å². The topological polar surface area (TPSA) is 58.9 Å². The molecular formula is C21H24ClFO4. The average molecular weight is 395 g/mol. The van der Waals surface area contributed by atoms with Crippen molar-refractivity contribution in [3.05, 3.63) is 63.9 Å². The van der Waals surface area contributed by atoms with Crippen molar-refractivity contribution in [3.8, 4) is 5.75 Å². The van der Waals surface area contributed by atoms with Gasteiger partial charge in [0.1, 0.15) is 11.6 Å². The third kappa shape index (κ3) is 4.99. The van der Waals surface area contributed by atoms with Gasteiger partial charge in [-0.2, -0.15) is 0 Å². The Hall–Kier alpha value is -1.66. The van der Waals surface area contributed by atoms with Crippen LogP contribution in [0.25, 0.3) is 0 Å². The van der Waals surface area contributed by atoms with Crippen molar-refractivity contribution in [2.24, 2.45) is 0 Å². The number of ether oxygens (including phenoxy) is 2. The molecule has 146 valence electrons. The predicted octanol–water partition coefficient (Wildman–Crippen LogP) is 4.04. The van der Waals surface area contributed by atoms with E-state index in [4.69, 9.17) is 21.1 Å². The molecule has 1 heterocycles. The Bertz CT molecular complexity index is 783. The fraction of sp³-hybridized carbons (Fsp3) is 0.429. The lowest BCUT2D eigenvalue weighted by atomic mass is 9.94. The fourth-order valence-corrected chi connectivity index (χ4v) is 3.57. The summed E-state index contributed by atoms with van der Waals surface area (Å²) in [6.07, 6.45) is -0.0270. The van der Waals surface area contributed by atoms with Crippen molar-refractivity contribution in [1.29, 1.82) is 0 Å². The second-order valence-corrected chi connectivity index (χ2v) is 7.18. The Kier molecular flexibility index (Phi) is 6.71. The van der Waals surface area contributed by atoms with E-state index < -0.39 is 6.10 Å². The van der Waals surface area contributed by atoms with E-state index in [1.54, 1.807) is 18.2 Å². The van der Waals surface area contributed by atoms with E-state index in [2.05, 4.69) is 0 Å². The van der Waals surface area contributed by atoms with Crippen molar-refractivity contribution in [2.75, 3.05) is 13.2 Å². The lowest BCUT2D eigenvalue weighted by molar-refractivity contribution is -0.113. The van der Waals surface area contributed by atoms with Gasteiger partial charge in [-0.25, -0.2) is 4.39 Å². The summed E-state index contributed by atoms with van der Waals surface area (Å²) < 4.78 is 25.6. The molecule has 1 saturated heterocycles. The van der Waals surface area contributed by atoms with Crippen LogP contribution in [0.5, 0.6) is 5.75 Å². The smallest absolute Gasteiger partial charge is 0.130 e. The molecule has 1 aliphatic rings. The molecule has 0 aromatic heterocycles. The number of benzene rings is 2. The first-order valence-corrected chi connectivity index (χ1v) is 9.51. The SMILES string of the molecule is CCOc1ccc(Cc2cc([C@H]3C[C@@H](O)C[C@@H](CO)O3)ccc2Cl)c(F)c1. The molecule has 2 aromatic carbocycles. The van der Waals surface area contributed by atoms with Gasteiger partial charge in [0.05, 0.1) is 31.5 Å². The number of hydrogen-bond donors (Lipinski definition) is 2. The third-order valence-electron chi connectivity index (χ3n) is 4.74. The van der Waals surface area contributed by atoms with Crippen LogP contribution in [0.1, 0.15) is 42.6 Å². The van der Waals surface area contributed by atoms with Crippen LogP contribution in [0, 0.1) is 5.82 Å². The third-order valence-corrected chi connectivity index (χ3v) is 5.11. The molecule has 27 heavy (non-hydrogen) atoms. The van der Waals surface area contributed by atoms with Crippen molar-refractivity contribution in [3.63, 3.8) is 0 Å². The highest BCUT2D eigenvalue weighted by molar-refractivity contribution is 6.31. The molecule has 0 unspecified atom stereocenters. The molecule has 1 fully saturated rings. The van der Waals surface area contributed by atoms with Crippen LogP contribution < -0.4 is 4.74 Å². The van der Waals surface area contributed by atoms with E-state index >= 15 is 0 Å². The first-order chi connectivity index (χ1) is 13.0. The quantitative estimate of drug-likeness (QED) is 0.776. The van der Waals surface area contributed by atoms with Gasteiger partial charge in [0.15, 0.2) is 0 Å². The molecule has 1 aliphatic heterocycles. The van der Waals surface area contributed by atoms with E-state index in [-0.39, 0.29) is 24.6 Å². The van der Waals surface area contributed by atoms with E-state index in [1.165, 1.54) is 6.07 Å². The van der Waals surface area contributed by atoms with E-state index in [1.807, 2.05) is 19.1 Å². The number of aliphatic hydroxyl groups excluding tert-OH is 2. The molecule has 0 amide bonds. The van der Waals surface area contributed by atoms with E-state index in [0.29, 0.717) is 42.2 Å². The van der Waals surface area contributed by atoms with E-state index in [0.717, 1.165) is 11.1 Å². The summed E-state index contributed by atoms with van der Waals surface area (Å²) in [5.41, 5.74) is 2.16. The second-order valence-electron chi connectivity index (χ2n) is 6.77. The van der Waals surface area contributed by atoms with Crippen LogP contribution in [-0.4, -0.2) is 35.6 Å². The molecule has 3 rings (SSSR count). The maximum Gasteiger partial charge on any atom is 0.130 e. The summed E-state index contributed by atoms with van der Waals surface area (Å²) in [6.45, 7) is 2.20. The minimum absolute atomic E-state index is 0.134. The van der Waals surface area contributed by atoms with Gasteiger partial charge in [0, 0.05) is 30.4 Å². The maximum atomic E-state index is 14.4. The molecule has 4 nitrogen and oxygen atoms in total. The van der Waals surface area contributed by atoms with Crippen LogP contribution in [0.2, 0.25) is 5.02 Å². The summed E-state index contributed by atoms with van der Waals surface area (Å²) in [4.78, 5) is 0. The van der Waals surface area contributed by atoms with E-state index in [9.17, 15) is 14.6 Å². The average Bonchev–Trinajstić information content (AvgIpc) is 2.65. The Balaban J connectivity index is 1.81.